The number of aromatic nitrogens is 4. The van der Waals surface area contributed by atoms with Gasteiger partial charge in [-0.2, -0.15) is 4.98 Å². The smallest absolute Gasteiger partial charge is 0.264 e. The lowest BCUT2D eigenvalue weighted by Crippen LogP contribution is -2.45. The Labute approximate surface area is 295 Å². The zero-order valence-corrected chi connectivity index (χ0v) is 31.1. The molecule has 2 aliphatic heterocycles. The van der Waals surface area contributed by atoms with E-state index in [1.807, 2.05) is 51.4 Å². The fourth-order valence-electron chi connectivity index (χ4n) is 6.84. The minimum Gasteiger partial charge on any atom is -0.475 e. The van der Waals surface area contributed by atoms with Crippen molar-refractivity contribution >= 4 is 27.6 Å². The molecule has 1 amide bonds. The lowest BCUT2D eigenvalue weighted by atomic mass is 9.87. The molecule has 0 saturated carbocycles. The molecule has 1 saturated heterocycles. The summed E-state index contributed by atoms with van der Waals surface area (Å²) in [6.45, 7) is 18.8. The van der Waals surface area contributed by atoms with Crippen LogP contribution in [0.1, 0.15) is 80.3 Å². The number of fused-ring (bicyclic) bond motifs is 4. The summed E-state index contributed by atoms with van der Waals surface area (Å²) >= 11 is 0. The molecule has 4 heterocycles. The molecule has 0 unspecified atom stereocenters. The Morgan fingerprint density at radius 1 is 1.00 bits per heavy atom. The highest BCUT2D eigenvalue weighted by atomic mass is 32.2. The van der Waals surface area contributed by atoms with Crippen molar-refractivity contribution in [2.24, 2.45) is 10.8 Å². The third kappa shape index (κ3) is 7.60. The van der Waals surface area contributed by atoms with E-state index in [0.717, 1.165) is 41.9 Å². The molecule has 4 aromatic rings. The van der Waals surface area contributed by atoms with E-state index in [2.05, 4.69) is 49.2 Å². The monoisotopic (exact) mass is 697 g/mol. The van der Waals surface area contributed by atoms with Crippen LogP contribution in [0.5, 0.6) is 5.88 Å². The van der Waals surface area contributed by atoms with E-state index in [-0.39, 0.29) is 52.2 Å². The number of sulfonamides is 1. The van der Waals surface area contributed by atoms with Crippen molar-refractivity contribution in [3.05, 3.63) is 82.9 Å². The van der Waals surface area contributed by atoms with Gasteiger partial charge in [0.25, 0.3) is 15.9 Å². The van der Waals surface area contributed by atoms with E-state index in [0.29, 0.717) is 23.5 Å². The molecule has 6 rings (SSSR count). The Bertz CT molecular complexity index is 2000. The lowest BCUT2D eigenvalue weighted by molar-refractivity contribution is 0.0504. The van der Waals surface area contributed by atoms with Gasteiger partial charge in [0.1, 0.15) is 12.4 Å². The maximum atomic E-state index is 14.5. The van der Waals surface area contributed by atoms with Crippen molar-refractivity contribution < 1.29 is 17.9 Å². The van der Waals surface area contributed by atoms with Crippen LogP contribution in [-0.2, 0) is 16.6 Å². The molecule has 2 aromatic heterocycles. The predicted molar refractivity (Wildman–Crippen MR) is 195 cm³/mol. The Balaban J connectivity index is 1.45. The van der Waals surface area contributed by atoms with E-state index in [4.69, 9.17) is 19.7 Å². The third-order valence-electron chi connectivity index (χ3n) is 9.44. The van der Waals surface area contributed by atoms with E-state index in [1.165, 1.54) is 12.1 Å². The molecule has 264 valence electrons. The van der Waals surface area contributed by atoms with Crippen LogP contribution >= 0.6 is 0 Å². The zero-order valence-electron chi connectivity index (χ0n) is 30.2. The van der Waals surface area contributed by atoms with Crippen molar-refractivity contribution in [3.8, 4) is 17.1 Å². The second-order valence-corrected chi connectivity index (χ2v) is 17.3. The Kier molecular flexibility index (Phi) is 9.36. The van der Waals surface area contributed by atoms with Gasteiger partial charge in [0.05, 0.1) is 41.3 Å². The number of amides is 1. The lowest BCUT2D eigenvalue weighted by Gasteiger charge is -2.35. The van der Waals surface area contributed by atoms with Gasteiger partial charge >= 0.3 is 0 Å². The van der Waals surface area contributed by atoms with Gasteiger partial charge in [0, 0.05) is 29.8 Å². The number of rotatable bonds is 5. The first-order chi connectivity index (χ1) is 23.5. The van der Waals surface area contributed by atoms with Gasteiger partial charge in [0.2, 0.25) is 11.8 Å². The molecular formula is C38H47N7O4S. The second-order valence-electron chi connectivity index (χ2n) is 15.6. The van der Waals surface area contributed by atoms with Crippen LogP contribution in [0.15, 0.2) is 59.8 Å². The molecule has 2 aromatic carbocycles. The molecule has 1 fully saturated rings. The van der Waals surface area contributed by atoms with Gasteiger partial charge in [-0.3, -0.25) is 4.79 Å². The van der Waals surface area contributed by atoms with E-state index in [9.17, 15) is 13.2 Å². The number of carbonyl (C=O) groups is 1. The molecule has 1 N–H and O–H groups in total. The van der Waals surface area contributed by atoms with Crippen LogP contribution in [0.2, 0.25) is 0 Å². The fraction of sp³-hybridized carbons (Fsp3) is 0.447. The summed E-state index contributed by atoms with van der Waals surface area (Å²) in [7, 11) is -4.18. The molecular weight excluding hydrogens is 651 g/mol. The second kappa shape index (κ2) is 13.3. The molecule has 0 radical (unpaired) electrons. The van der Waals surface area contributed by atoms with Gasteiger partial charge in [-0.05, 0) is 73.8 Å². The first kappa shape index (κ1) is 35.3. The van der Waals surface area contributed by atoms with Crippen LogP contribution in [0, 0.1) is 31.6 Å². The molecule has 0 spiro atoms. The van der Waals surface area contributed by atoms with Crippen molar-refractivity contribution in [3.63, 3.8) is 0 Å². The highest BCUT2D eigenvalue weighted by Gasteiger charge is 2.33. The van der Waals surface area contributed by atoms with Crippen LogP contribution in [0.3, 0.4) is 0 Å². The summed E-state index contributed by atoms with van der Waals surface area (Å²) < 4.78 is 36.6. The van der Waals surface area contributed by atoms with Crippen molar-refractivity contribution in [1.82, 2.24) is 24.8 Å². The number of benzene rings is 2. The Morgan fingerprint density at radius 2 is 1.68 bits per heavy atom. The maximum absolute atomic E-state index is 14.5. The molecule has 4 bridgehead atoms. The summed E-state index contributed by atoms with van der Waals surface area (Å²) in [5, 5.41) is 0. The summed E-state index contributed by atoms with van der Waals surface area (Å²) in [6.07, 6.45) is 5.32. The van der Waals surface area contributed by atoms with E-state index in [1.54, 1.807) is 17.0 Å². The summed E-state index contributed by atoms with van der Waals surface area (Å²) in [4.78, 5) is 37.1. The molecule has 2 aliphatic rings. The summed E-state index contributed by atoms with van der Waals surface area (Å²) in [5.74, 6) is 0.256. The summed E-state index contributed by atoms with van der Waals surface area (Å²) in [5.41, 5.74) is 5.29. The van der Waals surface area contributed by atoms with Crippen LogP contribution in [0.25, 0.3) is 11.3 Å². The average molecular weight is 698 g/mol. The first-order valence-corrected chi connectivity index (χ1v) is 18.6. The van der Waals surface area contributed by atoms with Gasteiger partial charge in [-0.15, -0.1) is 0 Å². The topological polar surface area (TPSA) is 131 Å². The molecule has 0 aliphatic carbocycles. The highest BCUT2D eigenvalue weighted by Crippen LogP contribution is 2.35. The Hall–Kier alpha value is -4.58. The highest BCUT2D eigenvalue weighted by molar-refractivity contribution is 7.92. The third-order valence-corrected chi connectivity index (χ3v) is 10.8. The largest absolute Gasteiger partial charge is 0.475 e. The number of hydrogen-bond acceptors (Lipinski definition) is 9. The SMILES string of the molecule is Cc1cccc(C)c1-c1nc2nc(c1C)OC[C@@H](CC(C)(C)C)N(Cc1ncc(N3CCC(C)(C)C3)cn1)C(=O)c1cccc(c1)S(=O)(=O)N2. The maximum Gasteiger partial charge on any atom is 0.264 e. The number of anilines is 2. The number of ether oxygens (including phenoxy) is 1. The number of nitrogens with one attached hydrogen (secondary N) is 1. The number of hydrogen-bond donors (Lipinski definition) is 1. The van der Waals surface area contributed by atoms with Crippen LogP contribution in [0.4, 0.5) is 11.6 Å². The van der Waals surface area contributed by atoms with Gasteiger partial charge in [-0.1, -0.05) is 58.9 Å². The molecule has 1 atom stereocenters. The standard InChI is InChI=1S/C38H47N7O4S/c1-24-11-9-12-25(2)32(24)33-26(3)34-42-36(41-33)43-50(47,48)30-14-10-13-27(17-30)35(46)45(28(22-49-34)18-37(4,5)6)21-31-39-19-29(20-40-31)44-16-15-38(7,8)23-44/h9-14,17,19-20,28H,15-16,18,21-23H2,1-8H3,(H,41,42,43)/t28-/m1/s1. The quantitative estimate of drug-likeness (QED) is 0.241. The molecule has 11 nitrogen and oxygen atoms in total. The minimum atomic E-state index is -4.18. The fourth-order valence-corrected chi connectivity index (χ4v) is 7.83. The van der Waals surface area contributed by atoms with Crippen LogP contribution < -0.4 is 14.4 Å². The Morgan fingerprint density at radius 3 is 2.32 bits per heavy atom. The van der Waals surface area contributed by atoms with Gasteiger partial charge in [-0.25, -0.2) is 28.1 Å². The average Bonchev–Trinajstić information content (AvgIpc) is 3.42. The van der Waals surface area contributed by atoms with E-state index >= 15 is 0 Å². The first-order valence-electron chi connectivity index (χ1n) is 17.1. The van der Waals surface area contributed by atoms with Crippen molar-refractivity contribution in [2.75, 3.05) is 29.3 Å². The van der Waals surface area contributed by atoms with Crippen molar-refractivity contribution in [2.45, 2.75) is 85.7 Å². The number of nitrogens with zero attached hydrogens (tertiary/aromatic N) is 6. The van der Waals surface area contributed by atoms with Crippen LogP contribution in [-0.4, -0.2) is 64.9 Å². The molecule has 50 heavy (non-hydrogen) atoms. The van der Waals surface area contributed by atoms with Gasteiger partial charge in [0.15, 0.2) is 0 Å². The minimum absolute atomic E-state index is 0.0793. The molecule has 12 heteroatoms. The normalized spacial score (nSPS) is 18.8. The van der Waals surface area contributed by atoms with Gasteiger partial charge < -0.3 is 14.5 Å². The van der Waals surface area contributed by atoms with Crippen molar-refractivity contribution in [1.29, 1.82) is 0 Å². The zero-order chi connectivity index (χ0) is 36.0. The number of carbonyl (C=O) groups excluding carboxylic acids is 1. The predicted octanol–water partition coefficient (Wildman–Crippen LogP) is 6.74. The van der Waals surface area contributed by atoms with E-state index < -0.39 is 16.1 Å². The summed E-state index contributed by atoms with van der Waals surface area (Å²) in [6, 6.07) is 11.6. The number of aryl methyl sites for hydroxylation is 2.